The van der Waals surface area contributed by atoms with E-state index in [4.69, 9.17) is 4.74 Å². The third-order valence-electron chi connectivity index (χ3n) is 5.98. The van der Waals surface area contributed by atoms with Crippen molar-refractivity contribution in [2.24, 2.45) is 0 Å². The quantitative estimate of drug-likeness (QED) is 0.389. The monoisotopic (exact) mass is 458 g/mol. The van der Waals surface area contributed by atoms with Crippen molar-refractivity contribution in [1.29, 1.82) is 0 Å². The molecule has 0 aliphatic rings. The van der Waals surface area contributed by atoms with Crippen molar-refractivity contribution in [3.05, 3.63) is 88.5 Å². The van der Waals surface area contributed by atoms with E-state index in [1.807, 2.05) is 38.1 Å². The maximum atomic E-state index is 12.7. The fourth-order valence-corrected chi connectivity index (χ4v) is 3.80. The summed E-state index contributed by atoms with van der Waals surface area (Å²) in [5, 5.41) is 6.00. The molecule has 0 aromatic heterocycles. The van der Waals surface area contributed by atoms with Crippen LogP contribution in [-0.2, 0) is 4.79 Å². The van der Waals surface area contributed by atoms with Gasteiger partial charge in [0.25, 0.3) is 11.8 Å². The smallest absolute Gasteiger partial charge is 0.262 e. The number of anilines is 2. The van der Waals surface area contributed by atoms with Crippen molar-refractivity contribution < 1.29 is 14.3 Å². The lowest BCUT2D eigenvalue weighted by Gasteiger charge is -2.20. The lowest BCUT2D eigenvalue weighted by atomic mass is 9.92. The van der Waals surface area contributed by atoms with Crippen LogP contribution in [0.25, 0.3) is 0 Å². The Morgan fingerprint density at radius 3 is 1.97 bits per heavy atom. The third-order valence-corrected chi connectivity index (χ3v) is 5.98. The fourth-order valence-electron chi connectivity index (χ4n) is 3.80. The summed E-state index contributed by atoms with van der Waals surface area (Å²) in [4.78, 5) is 25.3. The molecule has 3 aromatic carbocycles. The van der Waals surface area contributed by atoms with Gasteiger partial charge in [0.2, 0.25) is 0 Å². The lowest BCUT2D eigenvalue weighted by Crippen LogP contribution is -2.22. The largest absolute Gasteiger partial charge is 0.484 e. The molecule has 3 aromatic rings. The Labute approximate surface area is 202 Å². The number of hydrogen-bond donors (Lipinski definition) is 2. The summed E-state index contributed by atoms with van der Waals surface area (Å²) >= 11 is 0. The molecule has 5 nitrogen and oxygen atoms in total. The van der Waals surface area contributed by atoms with Crippen LogP contribution >= 0.6 is 0 Å². The molecule has 2 N–H and O–H groups in total. The van der Waals surface area contributed by atoms with Gasteiger partial charge in [0.15, 0.2) is 6.61 Å². The van der Waals surface area contributed by atoms with Gasteiger partial charge < -0.3 is 15.4 Å². The zero-order valence-corrected chi connectivity index (χ0v) is 20.9. The summed E-state index contributed by atoms with van der Waals surface area (Å²) in [6, 6.07) is 18.7. The number of carbonyl (C=O) groups excluding carboxylic acids is 2. The number of hydrogen-bond acceptors (Lipinski definition) is 3. The van der Waals surface area contributed by atoms with Crippen molar-refractivity contribution in [3.63, 3.8) is 0 Å². The summed E-state index contributed by atoms with van der Waals surface area (Å²) in [6.45, 7) is 12.3. The molecular weight excluding hydrogens is 424 g/mol. The highest BCUT2D eigenvalue weighted by Gasteiger charge is 2.16. The maximum Gasteiger partial charge on any atom is 0.262 e. The average Bonchev–Trinajstić information content (AvgIpc) is 2.80. The Hall–Kier alpha value is -3.60. The first kappa shape index (κ1) is 25.0. The molecule has 2 amide bonds. The molecular formula is C29H34N2O3. The molecule has 5 heteroatoms. The van der Waals surface area contributed by atoms with Crippen LogP contribution in [0.2, 0.25) is 0 Å². The first-order valence-corrected chi connectivity index (χ1v) is 11.7. The second-order valence-electron chi connectivity index (χ2n) is 9.18. The van der Waals surface area contributed by atoms with Crippen LogP contribution in [-0.4, -0.2) is 18.4 Å². The first-order chi connectivity index (χ1) is 16.2. The molecule has 0 bridgehead atoms. The topological polar surface area (TPSA) is 67.4 Å². The second-order valence-corrected chi connectivity index (χ2v) is 9.18. The molecule has 3 rings (SSSR count). The van der Waals surface area contributed by atoms with E-state index in [0.717, 1.165) is 33.6 Å². The Morgan fingerprint density at radius 1 is 0.794 bits per heavy atom. The molecule has 0 saturated heterocycles. The summed E-state index contributed by atoms with van der Waals surface area (Å²) in [5.74, 6) is 0.699. The predicted octanol–water partition coefficient (Wildman–Crippen LogP) is 6.82. The minimum atomic E-state index is -0.216. The van der Waals surface area contributed by atoms with Gasteiger partial charge in [-0.25, -0.2) is 0 Å². The lowest BCUT2D eigenvalue weighted by molar-refractivity contribution is -0.118. The van der Waals surface area contributed by atoms with Crippen LogP contribution in [0.3, 0.4) is 0 Å². The molecule has 0 radical (unpaired) electrons. The van der Waals surface area contributed by atoms with E-state index in [1.54, 1.807) is 24.3 Å². The molecule has 0 aliphatic carbocycles. The molecule has 0 heterocycles. The second kappa shape index (κ2) is 11.0. The van der Waals surface area contributed by atoms with Gasteiger partial charge in [-0.3, -0.25) is 9.59 Å². The van der Waals surface area contributed by atoms with Crippen LogP contribution < -0.4 is 15.4 Å². The molecule has 0 fully saturated rings. The van der Waals surface area contributed by atoms with Crippen molar-refractivity contribution in [2.75, 3.05) is 17.2 Å². The van der Waals surface area contributed by atoms with Gasteiger partial charge in [0, 0.05) is 16.9 Å². The van der Waals surface area contributed by atoms with Gasteiger partial charge in [0.05, 0.1) is 0 Å². The zero-order chi connectivity index (χ0) is 24.8. The standard InChI is InChI=1S/C29H34N2O3/c1-18(2)24-10-8-11-25(19(3)4)28(24)31-27(32)17-34-23-15-13-22(14-16-23)29(33)30-26-12-7-9-20(5)21(26)6/h7-16,18-19H,17H2,1-6H3,(H,30,33)(H,31,32). The number of ether oxygens (including phenoxy) is 1. The van der Waals surface area contributed by atoms with E-state index in [0.29, 0.717) is 11.3 Å². The molecule has 0 aliphatic heterocycles. The van der Waals surface area contributed by atoms with Crippen molar-refractivity contribution in [1.82, 2.24) is 0 Å². The number of para-hydroxylation sites is 1. The van der Waals surface area contributed by atoms with Gasteiger partial charge in [-0.1, -0.05) is 58.0 Å². The molecule has 0 spiro atoms. The van der Waals surface area contributed by atoms with Crippen LogP contribution in [0.1, 0.15) is 72.1 Å². The normalized spacial score (nSPS) is 10.9. The third kappa shape index (κ3) is 6.04. The minimum Gasteiger partial charge on any atom is -0.484 e. The van der Waals surface area contributed by atoms with Crippen LogP contribution in [0.5, 0.6) is 5.75 Å². The van der Waals surface area contributed by atoms with E-state index < -0.39 is 0 Å². The predicted molar refractivity (Wildman–Crippen MR) is 139 cm³/mol. The molecule has 34 heavy (non-hydrogen) atoms. The van der Waals surface area contributed by atoms with Gasteiger partial charge >= 0.3 is 0 Å². The highest BCUT2D eigenvalue weighted by atomic mass is 16.5. The van der Waals surface area contributed by atoms with Crippen molar-refractivity contribution in [2.45, 2.75) is 53.4 Å². The van der Waals surface area contributed by atoms with E-state index in [2.05, 4.69) is 50.5 Å². The fraction of sp³-hybridized carbons (Fsp3) is 0.310. The van der Waals surface area contributed by atoms with E-state index in [-0.39, 0.29) is 30.3 Å². The van der Waals surface area contributed by atoms with Gasteiger partial charge in [-0.05, 0) is 78.3 Å². The van der Waals surface area contributed by atoms with Crippen LogP contribution in [0.15, 0.2) is 60.7 Å². The molecule has 0 saturated carbocycles. The van der Waals surface area contributed by atoms with E-state index in [9.17, 15) is 9.59 Å². The number of carbonyl (C=O) groups is 2. The summed E-state index contributed by atoms with van der Waals surface area (Å²) in [7, 11) is 0. The number of nitrogens with one attached hydrogen (secondary N) is 2. The summed E-state index contributed by atoms with van der Waals surface area (Å²) in [6.07, 6.45) is 0. The average molecular weight is 459 g/mol. The van der Waals surface area contributed by atoms with Crippen molar-refractivity contribution in [3.8, 4) is 5.75 Å². The number of benzene rings is 3. The van der Waals surface area contributed by atoms with Gasteiger partial charge in [-0.15, -0.1) is 0 Å². The summed E-state index contributed by atoms with van der Waals surface area (Å²) in [5.41, 5.74) is 6.57. The Bertz CT molecular complexity index is 1140. The Morgan fingerprint density at radius 2 is 1.38 bits per heavy atom. The molecule has 178 valence electrons. The van der Waals surface area contributed by atoms with Gasteiger partial charge in [-0.2, -0.15) is 0 Å². The number of aryl methyl sites for hydroxylation is 1. The number of rotatable bonds is 8. The van der Waals surface area contributed by atoms with Crippen LogP contribution in [0, 0.1) is 13.8 Å². The SMILES string of the molecule is Cc1cccc(NC(=O)c2ccc(OCC(=O)Nc3c(C(C)C)cccc3C(C)C)cc2)c1C. The van der Waals surface area contributed by atoms with Gasteiger partial charge in [0.1, 0.15) is 5.75 Å². The molecule has 0 atom stereocenters. The molecule has 0 unspecified atom stereocenters. The first-order valence-electron chi connectivity index (χ1n) is 11.7. The maximum absolute atomic E-state index is 12.7. The van der Waals surface area contributed by atoms with E-state index in [1.165, 1.54) is 0 Å². The highest BCUT2D eigenvalue weighted by molar-refractivity contribution is 6.04. The summed E-state index contributed by atoms with van der Waals surface area (Å²) < 4.78 is 5.68. The van der Waals surface area contributed by atoms with Crippen LogP contribution in [0.4, 0.5) is 11.4 Å². The van der Waals surface area contributed by atoms with E-state index >= 15 is 0 Å². The Balaban J connectivity index is 1.62. The van der Waals surface area contributed by atoms with Crippen molar-refractivity contribution >= 4 is 23.2 Å². The highest BCUT2D eigenvalue weighted by Crippen LogP contribution is 2.32. The number of amides is 2. The minimum absolute atomic E-state index is 0.113. The zero-order valence-electron chi connectivity index (χ0n) is 20.9. The Kier molecular flexibility index (Phi) is 8.11.